The Morgan fingerprint density at radius 2 is 1.79 bits per heavy atom. The van der Waals surface area contributed by atoms with Crippen LogP contribution in [0.2, 0.25) is 0 Å². The third kappa shape index (κ3) is 5.47. The molecule has 0 saturated carbocycles. The van der Waals surface area contributed by atoms with Crippen molar-refractivity contribution in [3.8, 4) is 5.75 Å². The Hall–Kier alpha value is -3.49. The quantitative estimate of drug-likeness (QED) is 0.371. The van der Waals surface area contributed by atoms with Gasteiger partial charge in [0.1, 0.15) is 11.6 Å². The van der Waals surface area contributed by atoms with Crippen LogP contribution in [0.4, 0.5) is 15.8 Å². The number of hydrogen-bond donors (Lipinski definition) is 1. The maximum absolute atomic E-state index is 13.2. The van der Waals surface area contributed by atoms with Crippen molar-refractivity contribution in [3.05, 3.63) is 94.6 Å². The number of ether oxygens (including phenoxy) is 1. The van der Waals surface area contributed by atoms with Crippen LogP contribution in [-0.2, 0) is 9.59 Å². The van der Waals surface area contributed by atoms with E-state index in [1.165, 1.54) is 29.2 Å². The number of benzene rings is 3. The molecule has 0 aliphatic carbocycles. The van der Waals surface area contributed by atoms with Crippen LogP contribution >= 0.6 is 24.0 Å². The summed E-state index contributed by atoms with van der Waals surface area (Å²) in [5, 5.41) is 2.78. The van der Waals surface area contributed by atoms with Gasteiger partial charge in [-0.3, -0.25) is 14.5 Å². The van der Waals surface area contributed by atoms with Gasteiger partial charge in [-0.2, -0.15) is 0 Å². The Bertz CT molecular complexity index is 1240. The summed E-state index contributed by atoms with van der Waals surface area (Å²) in [6.45, 7) is 1.79. The minimum atomic E-state index is -0.391. The summed E-state index contributed by atoms with van der Waals surface area (Å²) in [5.74, 6) is -0.527. The predicted octanol–water partition coefficient (Wildman–Crippen LogP) is 5.56. The van der Waals surface area contributed by atoms with E-state index in [0.29, 0.717) is 31.9 Å². The number of anilines is 2. The molecule has 0 radical (unpaired) electrons. The first-order chi connectivity index (χ1) is 15.9. The number of carbonyl (C=O) groups excluding carboxylic acids is 2. The summed E-state index contributed by atoms with van der Waals surface area (Å²) in [6.07, 6.45) is 1.68. The normalized spacial score (nSPS) is 14.6. The number of halogens is 1. The van der Waals surface area contributed by atoms with E-state index in [1.54, 1.807) is 24.3 Å². The summed E-state index contributed by atoms with van der Waals surface area (Å²) in [5.41, 5.74) is 2.93. The van der Waals surface area contributed by atoms with Gasteiger partial charge in [-0.1, -0.05) is 59.9 Å². The molecule has 3 aromatic rings. The molecule has 2 amide bonds. The van der Waals surface area contributed by atoms with Gasteiger partial charge < -0.3 is 10.1 Å². The van der Waals surface area contributed by atoms with Crippen molar-refractivity contribution < 1.29 is 18.7 Å². The molecule has 1 fully saturated rings. The highest BCUT2D eigenvalue weighted by Crippen LogP contribution is 2.37. The molecule has 3 aromatic carbocycles. The predicted molar refractivity (Wildman–Crippen MR) is 134 cm³/mol. The van der Waals surface area contributed by atoms with Gasteiger partial charge in [0.15, 0.2) is 10.9 Å². The van der Waals surface area contributed by atoms with Gasteiger partial charge in [-0.15, -0.1) is 0 Å². The second-order valence-corrected chi connectivity index (χ2v) is 8.91. The first-order valence-corrected chi connectivity index (χ1v) is 11.2. The summed E-state index contributed by atoms with van der Waals surface area (Å²) >= 11 is 6.52. The summed E-state index contributed by atoms with van der Waals surface area (Å²) in [4.78, 5) is 27.0. The molecule has 0 spiro atoms. The molecule has 0 atom stereocenters. The van der Waals surface area contributed by atoms with E-state index in [-0.39, 0.29) is 18.4 Å². The van der Waals surface area contributed by atoms with Crippen LogP contribution in [0, 0.1) is 12.7 Å². The van der Waals surface area contributed by atoms with Crippen LogP contribution in [0.5, 0.6) is 5.75 Å². The van der Waals surface area contributed by atoms with Crippen molar-refractivity contribution in [2.45, 2.75) is 6.92 Å². The van der Waals surface area contributed by atoms with Crippen molar-refractivity contribution in [1.29, 1.82) is 0 Å². The van der Waals surface area contributed by atoms with Crippen LogP contribution in [0.25, 0.3) is 6.08 Å². The lowest BCUT2D eigenvalue weighted by Crippen LogP contribution is -2.27. The number of aryl methyl sites for hydroxylation is 1. The second-order valence-electron chi connectivity index (χ2n) is 7.23. The lowest BCUT2D eigenvalue weighted by atomic mass is 10.2. The van der Waals surface area contributed by atoms with E-state index < -0.39 is 5.82 Å². The highest BCUT2D eigenvalue weighted by Gasteiger charge is 2.33. The molecule has 5 nitrogen and oxygen atoms in total. The van der Waals surface area contributed by atoms with Crippen molar-refractivity contribution >= 4 is 57.6 Å². The first kappa shape index (κ1) is 22.7. The SMILES string of the molecule is Cc1ccc(NC(=O)COc2ccccc2/C=C2\SC(=S)N(c3ccc(F)cc3)C2=O)cc1. The number of rotatable bonds is 6. The number of thiocarbonyl (C=S) groups is 1. The molecule has 8 heteroatoms. The number of carbonyl (C=O) groups is 2. The highest BCUT2D eigenvalue weighted by atomic mass is 32.2. The minimum absolute atomic E-state index is 0.185. The monoisotopic (exact) mass is 478 g/mol. The van der Waals surface area contributed by atoms with Gasteiger partial charge in [-0.25, -0.2) is 4.39 Å². The summed E-state index contributed by atoms with van der Waals surface area (Å²) < 4.78 is 19.3. The molecule has 1 aliphatic heterocycles. The lowest BCUT2D eigenvalue weighted by molar-refractivity contribution is -0.118. The number of nitrogens with zero attached hydrogens (tertiary/aromatic N) is 1. The molecule has 33 heavy (non-hydrogen) atoms. The van der Waals surface area contributed by atoms with Crippen LogP contribution in [-0.4, -0.2) is 22.7 Å². The molecule has 1 N–H and O–H groups in total. The average molecular weight is 479 g/mol. The molecule has 166 valence electrons. The third-order valence-electron chi connectivity index (χ3n) is 4.78. The van der Waals surface area contributed by atoms with Crippen LogP contribution in [0.3, 0.4) is 0 Å². The van der Waals surface area contributed by atoms with Gasteiger partial charge in [0.05, 0.1) is 10.6 Å². The van der Waals surface area contributed by atoms with Crippen molar-refractivity contribution in [1.82, 2.24) is 0 Å². The van der Waals surface area contributed by atoms with Crippen molar-refractivity contribution in [2.24, 2.45) is 0 Å². The van der Waals surface area contributed by atoms with E-state index in [2.05, 4.69) is 5.32 Å². The smallest absolute Gasteiger partial charge is 0.270 e. The fourth-order valence-electron chi connectivity index (χ4n) is 3.13. The molecule has 1 saturated heterocycles. The zero-order chi connectivity index (χ0) is 23.4. The van der Waals surface area contributed by atoms with Crippen molar-refractivity contribution in [2.75, 3.05) is 16.8 Å². The zero-order valence-corrected chi connectivity index (χ0v) is 19.2. The Labute approximate surface area is 200 Å². The second kappa shape index (κ2) is 9.97. The number of thioether (sulfide) groups is 1. The van der Waals surface area contributed by atoms with Crippen LogP contribution in [0.1, 0.15) is 11.1 Å². The standard InChI is InChI=1S/C25H19FN2O3S2/c1-16-6-10-19(11-7-16)27-23(29)15-31-21-5-3-2-4-17(21)14-22-24(30)28(25(32)33-22)20-12-8-18(26)9-13-20/h2-14H,15H2,1H3,(H,27,29)/b22-14-. The van der Waals surface area contributed by atoms with Crippen molar-refractivity contribution in [3.63, 3.8) is 0 Å². The minimum Gasteiger partial charge on any atom is -0.483 e. The lowest BCUT2D eigenvalue weighted by Gasteiger charge is -2.14. The maximum Gasteiger partial charge on any atom is 0.270 e. The summed E-state index contributed by atoms with van der Waals surface area (Å²) in [7, 11) is 0. The van der Waals surface area contributed by atoms with E-state index in [4.69, 9.17) is 17.0 Å². The van der Waals surface area contributed by atoms with Gasteiger partial charge in [0.2, 0.25) is 0 Å². The largest absolute Gasteiger partial charge is 0.483 e. The molecule has 0 bridgehead atoms. The van der Waals surface area contributed by atoms with E-state index >= 15 is 0 Å². The van der Waals surface area contributed by atoms with Crippen LogP contribution < -0.4 is 15.0 Å². The van der Waals surface area contributed by atoms with Crippen LogP contribution in [0.15, 0.2) is 77.7 Å². The van der Waals surface area contributed by atoms with Gasteiger partial charge >= 0.3 is 0 Å². The number of nitrogens with one attached hydrogen (secondary N) is 1. The molecular formula is C25H19FN2O3S2. The number of hydrogen-bond acceptors (Lipinski definition) is 5. The van der Waals surface area contributed by atoms with E-state index in [1.807, 2.05) is 37.3 Å². The maximum atomic E-state index is 13.2. The molecule has 1 aliphatic rings. The zero-order valence-electron chi connectivity index (χ0n) is 17.6. The summed E-state index contributed by atoms with van der Waals surface area (Å²) in [6, 6.07) is 20.2. The Balaban J connectivity index is 1.47. The fourth-order valence-corrected chi connectivity index (χ4v) is 4.42. The Kier molecular flexibility index (Phi) is 6.86. The molecule has 0 unspecified atom stereocenters. The van der Waals surface area contributed by atoms with E-state index in [0.717, 1.165) is 17.3 Å². The first-order valence-electron chi connectivity index (χ1n) is 10.0. The molecule has 0 aromatic heterocycles. The molecular weight excluding hydrogens is 459 g/mol. The number of amides is 2. The average Bonchev–Trinajstić information content (AvgIpc) is 3.08. The van der Waals surface area contributed by atoms with Gasteiger partial charge in [0, 0.05) is 11.3 Å². The highest BCUT2D eigenvalue weighted by molar-refractivity contribution is 8.27. The molecule has 1 heterocycles. The fraction of sp³-hybridized carbons (Fsp3) is 0.0800. The third-order valence-corrected chi connectivity index (χ3v) is 6.08. The van der Waals surface area contributed by atoms with E-state index in [9.17, 15) is 14.0 Å². The van der Waals surface area contributed by atoms with Gasteiger partial charge in [-0.05, 0) is 55.5 Å². The Morgan fingerprint density at radius 1 is 1.09 bits per heavy atom. The number of para-hydroxylation sites is 1. The Morgan fingerprint density at radius 3 is 2.52 bits per heavy atom. The van der Waals surface area contributed by atoms with Gasteiger partial charge in [0.25, 0.3) is 11.8 Å². The molecule has 4 rings (SSSR count). The topological polar surface area (TPSA) is 58.6 Å².